The molecule has 4 saturated carbocycles. The third-order valence-electron chi connectivity index (χ3n) is 18.3. The van der Waals surface area contributed by atoms with E-state index in [1.807, 2.05) is 0 Å². The van der Waals surface area contributed by atoms with Crippen LogP contribution in [0.3, 0.4) is 0 Å². The van der Waals surface area contributed by atoms with Crippen molar-refractivity contribution in [3.05, 3.63) is 242 Å². The average Bonchev–Trinajstić information content (AvgIpc) is 0.741. The Bertz CT molecular complexity index is 4610. The van der Waals surface area contributed by atoms with Crippen molar-refractivity contribution in [2.45, 2.75) is 64.7 Å². The first-order chi connectivity index (χ1) is 53.5. The van der Waals surface area contributed by atoms with Gasteiger partial charge in [-0.05, 0) is 108 Å². The number of halogens is 30. The van der Waals surface area contributed by atoms with Crippen molar-refractivity contribution in [2.75, 3.05) is 51.5 Å². The Labute approximate surface area is 659 Å². The number of hydrogen-bond acceptors (Lipinski definition) is 5. The molecule has 10 aromatic rings. The summed E-state index contributed by atoms with van der Waals surface area (Å²) in [7, 11) is -49.0. The molecule has 0 radical (unpaired) electrons. The van der Waals surface area contributed by atoms with Crippen LogP contribution in [-0.2, 0) is 52.2 Å². The van der Waals surface area contributed by atoms with Crippen molar-refractivity contribution < 1.29 is 168 Å². The molecule has 0 saturated heterocycles. The molecule has 16 bridgehead atoms. The van der Waals surface area contributed by atoms with E-state index >= 15 is 0 Å². The normalized spacial score (nSPS) is 19.8. The number of carbonyl (C=O) groups excluding carboxylic acids is 1. The maximum atomic E-state index is 13.0. The van der Waals surface area contributed by atoms with Crippen LogP contribution >= 0.6 is 39.0 Å². The molecule has 0 atom stereocenters. The topological polar surface area (TPSA) is 67.4 Å². The summed E-state index contributed by atoms with van der Waals surface area (Å²) in [5.74, 6) is 2.28. The Morgan fingerprint density at radius 2 is 0.597 bits per heavy atom. The molecule has 5 aromatic carbocycles. The van der Waals surface area contributed by atoms with Crippen molar-refractivity contribution in [1.82, 2.24) is 0 Å². The summed E-state index contributed by atoms with van der Waals surface area (Å²) in [5, 5.41) is 2.51. The molecule has 30 rings (SSSR count). The molecule has 0 amide bonds. The number of aryl methyl sites for hydroxylation is 1. The molecule has 4 fully saturated rings. The van der Waals surface area contributed by atoms with Gasteiger partial charge in [-0.1, -0.05) is 84.9 Å². The molecule has 662 valence electrons. The van der Waals surface area contributed by atoms with Gasteiger partial charge in [0.05, 0.1) is 42.6 Å². The van der Waals surface area contributed by atoms with Crippen molar-refractivity contribution in [1.29, 1.82) is 0 Å². The Morgan fingerprint density at radius 1 is 0.345 bits per heavy atom. The SMILES string of the molecule is CN(CCOCCOCCOC(=O)C12CC3CC(CC(C3)C1)C2)c1ccc(-c2c3ccccc3[n+](C)c3ccccc23)cc1.F[P-](F)(F)(F)(F)F.F[P-](F)(F)(F)(F)F.F[P-](F)(F)(F)(F)F.F[P-](F)(F)(F)(F)F.F[P-](F)(F)(F)(F)F.c1cc2ccc1C[n+]1ccc(cc1)-c1cc[n+](cc1)Cc1ccc(cc1)C[n+]1ccc(cc1)-c1cc[n+](cc1)C2. The molecule has 21 heterocycles. The first-order valence-corrected chi connectivity index (χ1v) is 45.5. The van der Waals surface area contributed by atoms with E-state index < -0.39 is 39.0 Å². The van der Waals surface area contributed by atoms with Crippen LogP contribution in [0, 0.1) is 23.2 Å². The van der Waals surface area contributed by atoms with Crippen LogP contribution in [0.2, 0.25) is 0 Å². The van der Waals surface area contributed by atoms with E-state index in [-0.39, 0.29) is 11.4 Å². The summed E-state index contributed by atoms with van der Waals surface area (Å²) < 4.78 is 324. The zero-order valence-corrected chi connectivity index (χ0v) is 66.7. The van der Waals surface area contributed by atoms with E-state index in [0.29, 0.717) is 33.0 Å². The average molecular weight is 1840 g/mol. The van der Waals surface area contributed by atoms with Crippen LogP contribution in [0.15, 0.2) is 219 Å². The summed E-state index contributed by atoms with van der Waals surface area (Å²) in [4.78, 5) is 15.2. The smallest absolute Gasteiger partial charge is 0.173 e. The van der Waals surface area contributed by atoms with Crippen LogP contribution in [0.25, 0.3) is 55.2 Å². The number of carbonyl (C=O) groups is 1. The molecule has 5 aromatic heterocycles. The molecule has 45 heteroatoms. The molecule has 119 heavy (non-hydrogen) atoms. The van der Waals surface area contributed by atoms with Crippen LogP contribution in [0.5, 0.6) is 0 Å². The van der Waals surface area contributed by atoms with Gasteiger partial charge in [-0.25, -0.2) is 18.3 Å². The van der Waals surface area contributed by atoms with E-state index in [2.05, 4.69) is 261 Å². The number of esters is 1. The Morgan fingerprint density at radius 3 is 0.874 bits per heavy atom. The molecule has 10 nitrogen and oxygen atoms in total. The number of nitrogens with zero attached hydrogens (tertiary/aromatic N) is 6. The summed E-state index contributed by atoms with van der Waals surface area (Å²) in [5.41, 5.74) is 16.0. The molecule has 0 N–H and O–H groups in total. The van der Waals surface area contributed by atoms with Crippen LogP contribution < -0.4 is 27.7 Å². The molecule has 0 spiro atoms. The summed E-state index contributed by atoms with van der Waals surface area (Å²) in [6, 6.07) is 61.6. The van der Waals surface area contributed by atoms with Gasteiger partial charge in [0.25, 0.3) is 0 Å². The van der Waals surface area contributed by atoms with E-state index in [1.165, 1.54) is 96.7 Å². The minimum atomic E-state index is -10.7. The van der Waals surface area contributed by atoms with Crippen LogP contribution in [0.1, 0.15) is 60.8 Å². The number of hydrogen-bond donors (Lipinski definition) is 0. The second-order valence-corrected chi connectivity index (χ2v) is 38.5. The molecular weight excluding hydrogens is 1760 g/mol. The van der Waals surface area contributed by atoms with Gasteiger partial charge < -0.3 is 19.1 Å². The summed E-state index contributed by atoms with van der Waals surface area (Å²) in [6.07, 6.45) is 24.5. The van der Waals surface area contributed by atoms with Gasteiger partial charge in [0.1, 0.15) is 13.7 Å². The van der Waals surface area contributed by atoms with Gasteiger partial charge in [0, 0.05) is 108 Å². The summed E-state index contributed by atoms with van der Waals surface area (Å²) in [6.45, 7) is 6.62. The first kappa shape index (κ1) is 96.1. The number of anilines is 1. The number of pyridine rings is 5. The second-order valence-electron chi connectivity index (χ2n) is 29.0. The third-order valence-corrected chi connectivity index (χ3v) is 18.3. The maximum Gasteiger partial charge on any atom is 0.173 e. The van der Waals surface area contributed by atoms with Gasteiger partial charge in [0.15, 0.2) is 75.8 Å². The quantitative estimate of drug-likeness (QED) is 0.0304. The van der Waals surface area contributed by atoms with Crippen molar-refractivity contribution in [2.24, 2.45) is 30.2 Å². The minimum absolute atomic E-state index is 0.0343. The maximum absolute atomic E-state index is 13.0. The second kappa shape index (κ2) is 31.5. The molecular formula is C74H77F30N6O4P5. The fraction of sp³-hybridized carbons (Fsp3) is 0.297. The van der Waals surface area contributed by atoms with Crippen LogP contribution in [-0.4, -0.2) is 52.6 Å². The number of benzene rings is 5. The molecule has 0 unspecified atom stereocenters. The Balaban J connectivity index is 0.000000212. The first-order valence-electron chi connectivity index (χ1n) is 35.4. The number of aromatic nitrogens is 5. The number of fused-ring (bicyclic) bond motifs is 2. The zero-order chi connectivity index (χ0) is 88.9. The van der Waals surface area contributed by atoms with Gasteiger partial charge >= 0.3 is 171 Å². The minimum Gasteiger partial charge on any atom is -0.201 e. The van der Waals surface area contributed by atoms with E-state index in [1.54, 1.807) is 0 Å². The fourth-order valence-corrected chi connectivity index (χ4v) is 14.1. The molecule has 4 aliphatic carbocycles. The fourth-order valence-electron chi connectivity index (χ4n) is 14.1. The molecule has 20 aliphatic rings. The van der Waals surface area contributed by atoms with E-state index in [4.69, 9.17) is 14.2 Å². The predicted molar refractivity (Wildman–Crippen MR) is 396 cm³/mol. The Kier molecular flexibility index (Phi) is 25.4. The number of para-hydroxylation sites is 2. The zero-order valence-electron chi connectivity index (χ0n) is 62.2. The molecule has 16 aliphatic heterocycles. The van der Waals surface area contributed by atoms with Crippen LogP contribution in [0.4, 0.5) is 132 Å². The predicted octanol–water partition coefficient (Wildman–Crippen LogP) is 28.3. The Hall–Kier alpha value is -8.39. The van der Waals surface area contributed by atoms with Crippen molar-refractivity contribution >= 4 is 72.5 Å². The van der Waals surface area contributed by atoms with Crippen molar-refractivity contribution in [3.8, 4) is 33.4 Å². The van der Waals surface area contributed by atoms with Gasteiger partial charge in [-0.3, -0.25) is 4.79 Å². The number of likely N-dealkylation sites (N-methyl/N-ethyl adjacent to an activating group) is 1. The van der Waals surface area contributed by atoms with Gasteiger partial charge in [-0.15, -0.1) is 0 Å². The number of rotatable bonds is 12. The van der Waals surface area contributed by atoms with Gasteiger partial charge in [-0.2, -0.15) is 4.57 Å². The summed E-state index contributed by atoms with van der Waals surface area (Å²) >= 11 is 0. The monoisotopic (exact) mass is 1840 g/mol. The largest absolute Gasteiger partial charge is 0.201 e. The number of ether oxygens (including phenoxy) is 3. The third kappa shape index (κ3) is 40.7. The van der Waals surface area contributed by atoms with E-state index in [9.17, 15) is 131 Å². The van der Waals surface area contributed by atoms with Crippen molar-refractivity contribution in [3.63, 3.8) is 0 Å². The van der Waals surface area contributed by atoms with Gasteiger partial charge in [0.2, 0.25) is 11.0 Å². The van der Waals surface area contributed by atoms with E-state index in [0.717, 1.165) is 75.4 Å². The standard InChI is InChI=1S/C38H45N2O4.C36H32N4.5F6P/c1-39(15-16-42-17-18-43-19-20-44-37(41)38-24-27-21-28(25-38)23-29(22-27)26-38)31-13-11-30(12-14-31)36-32-7-3-5-9-34(32)40(2)35-10-6-4-8-33(35)36;1-2-30-4-3-29(1)25-37-17-9-33(10-18-37)35-13-21-39(22-14-35)27-31-5-7-32(8-6-31)28-40-23-15-36(16-24-40)34-11-19-38(26-30)20-12-34;5*1-7(2,3,4,5)6/h3-14,27-29H,15-26H2,1-2H3;1-24H,25-28H2;;;;;/q+1;+4;5*-1.